The first-order valence-corrected chi connectivity index (χ1v) is 12.7. The summed E-state index contributed by atoms with van der Waals surface area (Å²) in [6, 6.07) is 15.4. The van der Waals surface area contributed by atoms with Crippen LogP contribution in [0, 0.1) is 0 Å². The molecule has 0 aliphatic carbocycles. The van der Waals surface area contributed by atoms with Gasteiger partial charge in [0.2, 0.25) is 5.91 Å². The third-order valence-electron chi connectivity index (χ3n) is 4.99. The molecule has 0 fully saturated rings. The Hall–Kier alpha value is -2.68. The van der Waals surface area contributed by atoms with Crippen molar-refractivity contribution in [2.75, 3.05) is 4.90 Å². The molecule has 0 unspecified atom stereocenters. The van der Waals surface area contributed by atoms with Crippen LogP contribution >= 0.6 is 22.9 Å². The number of fused-ring (bicyclic) bond motifs is 1. The van der Waals surface area contributed by atoms with Crippen LogP contribution in [0.2, 0.25) is 5.02 Å². The number of nitrogens with zero attached hydrogens (tertiary/aromatic N) is 2. The Bertz CT molecular complexity index is 1340. The number of hydrogen-bond acceptors (Lipinski definition) is 6. The van der Waals surface area contributed by atoms with Crippen molar-refractivity contribution in [1.29, 1.82) is 0 Å². The Morgan fingerprint density at radius 1 is 1.16 bits per heavy atom. The van der Waals surface area contributed by atoms with Crippen LogP contribution in [-0.4, -0.2) is 24.6 Å². The fourth-order valence-corrected chi connectivity index (χ4v) is 5.48. The second-order valence-corrected chi connectivity index (χ2v) is 11.5. The van der Waals surface area contributed by atoms with Gasteiger partial charge in [0.05, 0.1) is 39.6 Å². The molecule has 166 valence electrons. The molecule has 0 N–H and O–H groups in total. The van der Waals surface area contributed by atoms with Crippen LogP contribution in [0.3, 0.4) is 0 Å². The zero-order chi connectivity index (χ0) is 22.9. The minimum Gasteiger partial charge on any atom is -0.467 e. The molecule has 2 heterocycles. The molecular formula is C23H21ClN2O4S2. The van der Waals surface area contributed by atoms with E-state index in [0.717, 1.165) is 10.2 Å². The maximum Gasteiger partial charge on any atom is 0.233 e. The summed E-state index contributed by atoms with van der Waals surface area (Å²) in [5.41, 5.74) is 1.47. The number of halogens is 1. The molecule has 2 aromatic carbocycles. The number of carbonyl (C=O) groups is 1. The van der Waals surface area contributed by atoms with E-state index in [1.165, 1.54) is 11.3 Å². The number of furan rings is 1. The van der Waals surface area contributed by atoms with Crippen LogP contribution in [0.25, 0.3) is 10.2 Å². The highest BCUT2D eigenvalue weighted by molar-refractivity contribution is 7.92. The Morgan fingerprint density at radius 2 is 1.91 bits per heavy atom. The van der Waals surface area contributed by atoms with Gasteiger partial charge in [0.1, 0.15) is 5.76 Å². The summed E-state index contributed by atoms with van der Waals surface area (Å²) in [5.74, 6) is 0.458. The second kappa shape index (κ2) is 9.05. The third-order valence-corrected chi connectivity index (χ3v) is 8.44. The lowest BCUT2D eigenvalue weighted by atomic mass is 10.1. The van der Waals surface area contributed by atoms with Gasteiger partial charge in [0.15, 0.2) is 15.0 Å². The molecule has 0 aliphatic heterocycles. The average molecular weight is 489 g/mol. The zero-order valence-electron chi connectivity index (χ0n) is 17.5. The van der Waals surface area contributed by atoms with E-state index in [0.29, 0.717) is 21.5 Å². The molecule has 6 nitrogen and oxygen atoms in total. The SMILES string of the molecule is CC(C)S(=O)(=O)c1ccc(CC(=O)N(Cc2ccco2)c2nc3ccc(Cl)cc3s2)cc1. The molecule has 0 saturated carbocycles. The lowest BCUT2D eigenvalue weighted by molar-refractivity contribution is -0.118. The molecule has 0 atom stereocenters. The first-order valence-electron chi connectivity index (χ1n) is 9.96. The maximum atomic E-state index is 13.3. The van der Waals surface area contributed by atoms with E-state index in [4.69, 9.17) is 16.0 Å². The van der Waals surface area contributed by atoms with Gasteiger partial charge in [-0.15, -0.1) is 0 Å². The number of hydrogen-bond donors (Lipinski definition) is 0. The van der Waals surface area contributed by atoms with E-state index in [-0.39, 0.29) is 23.8 Å². The molecule has 1 amide bonds. The monoisotopic (exact) mass is 488 g/mol. The Balaban J connectivity index is 1.61. The van der Waals surface area contributed by atoms with Crippen molar-refractivity contribution >= 4 is 54.0 Å². The summed E-state index contributed by atoms with van der Waals surface area (Å²) in [6.45, 7) is 3.52. The lowest BCUT2D eigenvalue weighted by Crippen LogP contribution is -2.31. The molecule has 0 bridgehead atoms. The number of benzene rings is 2. The van der Waals surface area contributed by atoms with Gasteiger partial charge >= 0.3 is 0 Å². The second-order valence-electron chi connectivity index (χ2n) is 7.58. The van der Waals surface area contributed by atoms with Crippen LogP contribution in [0.1, 0.15) is 25.2 Å². The van der Waals surface area contributed by atoms with Crippen molar-refractivity contribution in [1.82, 2.24) is 4.98 Å². The van der Waals surface area contributed by atoms with Crippen LogP contribution in [0.15, 0.2) is 70.2 Å². The molecule has 0 saturated heterocycles. The summed E-state index contributed by atoms with van der Waals surface area (Å²) in [6.07, 6.45) is 1.66. The Kier molecular flexibility index (Phi) is 6.37. The highest BCUT2D eigenvalue weighted by atomic mass is 35.5. The van der Waals surface area contributed by atoms with Crippen molar-refractivity contribution in [3.05, 3.63) is 77.2 Å². The van der Waals surface area contributed by atoms with Gasteiger partial charge in [-0.05, 0) is 61.9 Å². The maximum absolute atomic E-state index is 13.3. The van der Waals surface area contributed by atoms with Gasteiger partial charge in [0, 0.05) is 5.02 Å². The summed E-state index contributed by atoms with van der Waals surface area (Å²) in [4.78, 5) is 19.7. The fourth-order valence-electron chi connectivity index (χ4n) is 3.16. The van der Waals surface area contributed by atoms with E-state index in [1.807, 2.05) is 12.1 Å². The number of sulfone groups is 1. The van der Waals surface area contributed by atoms with Gasteiger partial charge in [-0.2, -0.15) is 0 Å². The predicted molar refractivity (Wildman–Crippen MR) is 127 cm³/mol. The van der Waals surface area contributed by atoms with E-state index in [1.54, 1.807) is 67.5 Å². The number of anilines is 1. The number of amides is 1. The summed E-state index contributed by atoms with van der Waals surface area (Å²) < 4.78 is 31.0. The summed E-state index contributed by atoms with van der Waals surface area (Å²) in [7, 11) is -3.36. The Labute approximate surface area is 195 Å². The van der Waals surface area contributed by atoms with Crippen LogP contribution < -0.4 is 4.90 Å². The lowest BCUT2D eigenvalue weighted by Gasteiger charge is -2.19. The largest absolute Gasteiger partial charge is 0.467 e. The van der Waals surface area contributed by atoms with Crippen molar-refractivity contribution < 1.29 is 17.6 Å². The molecule has 9 heteroatoms. The fraction of sp³-hybridized carbons (Fsp3) is 0.217. The molecule has 2 aromatic heterocycles. The normalized spacial score (nSPS) is 11.9. The minimum atomic E-state index is -3.36. The number of thiazole rings is 1. The number of rotatable bonds is 7. The van der Waals surface area contributed by atoms with E-state index in [2.05, 4.69) is 4.98 Å². The minimum absolute atomic E-state index is 0.0966. The standard InChI is InChI=1S/C23H21ClN2O4S2/c1-15(2)32(28,29)19-8-5-16(6-9-19)12-22(27)26(14-18-4-3-11-30-18)23-25-20-10-7-17(24)13-21(20)31-23/h3-11,13,15H,12,14H2,1-2H3. The third kappa shape index (κ3) is 4.72. The zero-order valence-corrected chi connectivity index (χ0v) is 19.9. The number of aromatic nitrogens is 1. The molecule has 4 aromatic rings. The van der Waals surface area contributed by atoms with Crippen molar-refractivity contribution in [2.45, 2.75) is 37.0 Å². The molecule has 0 aliphatic rings. The first kappa shape index (κ1) is 22.5. The van der Waals surface area contributed by atoms with E-state index < -0.39 is 15.1 Å². The van der Waals surface area contributed by atoms with Gasteiger partial charge < -0.3 is 4.42 Å². The van der Waals surface area contributed by atoms with E-state index in [9.17, 15) is 13.2 Å². The number of carbonyl (C=O) groups excluding carboxylic acids is 1. The van der Waals surface area contributed by atoms with E-state index >= 15 is 0 Å². The molecule has 32 heavy (non-hydrogen) atoms. The summed E-state index contributed by atoms with van der Waals surface area (Å²) >= 11 is 7.48. The first-order chi connectivity index (χ1) is 15.2. The van der Waals surface area contributed by atoms with Gasteiger partial charge in [-0.1, -0.05) is 35.1 Å². The predicted octanol–water partition coefficient (Wildman–Crippen LogP) is 5.50. The van der Waals surface area contributed by atoms with Crippen LogP contribution in [0.5, 0.6) is 0 Å². The smallest absolute Gasteiger partial charge is 0.233 e. The van der Waals surface area contributed by atoms with Crippen LogP contribution in [0.4, 0.5) is 5.13 Å². The van der Waals surface area contributed by atoms with Crippen LogP contribution in [-0.2, 0) is 27.6 Å². The Morgan fingerprint density at radius 3 is 2.56 bits per heavy atom. The average Bonchev–Trinajstić information content (AvgIpc) is 3.41. The molecule has 4 rings (SSSR count). The highest BCUT2D eigenvalue weighted by Crippen LogP contribution is 2.32. The quantitative estimate of drug-likeness (QED) is 0.343. The van der Waals surface area contributed by atoms with Gasteiger partial charge in [0.25, 0.3) is 0 Å². The van der Waals surface area contributed by atoms with Gasteiger partial charge in [-0.3, -0.25) is 9.69 Å². The van der Waals surface area contributed by atoms with Crippen molar-refractivity contribution in [3.8, 4) is 0 Å². The molecule has 0 spiro atoms. The highest BCUT2D eigenvalue weighted by Gasteiger charge is 2.23. The summed E-state index contributed by atoms with van der Waals surface area (Å²) in [5, 5.41) is 0.641. The topological polar surface area (TPSA) is 80.5 Å². The molecular weight excluding hydrogens is 468 g/mol. The van der Waals surface area contributed by atoms with Gasteiger partial charge in [-0.25, -0.2) is 13.4 Å². The van der Waals surface area contributed by atoms with Crippen molar-refractivity contribution in [3.63, 3.8) is 0 Å². The molecule has 0 radical (unpaired) electrons. The van der Waals surface area contributed by atoms with Crippen molar-refractivity contribution in [2.24, 2.45) is 0 Å².